The van der Waals surface area contributed by atoms with Crippen molar-refractivity contribution in [1.82, 2.24) is 19.6 Å². The number of pyridine rings is 1. The smallest absolute Gasteiger partial charge is 0.203 e. The molecule has 34 heavy (non-hydrogen) atoms. The minimum atomic E-state index is 0.229. The fraction of sp³-hybridized carbons (Fsp3) is 0.231. The predicted octanol–water partition coefficient (Wildman–Crippen LogP) is 5.11. The Balaban J connectivity index is 1.55. The number of nitrogens with zero attached hydrogens (tertiary/aromatic N) is 3. The lowest BCUT2D eigenvalue weighted by Gasteiger charge is -2.14. The molecule has 0 bridgehead atoms. The molecule has 0 unspecified atom stereocenters. The number of hydrogen-bond acceptors (Lipinski definition) is 6. The van der Waals surface area contributed by atoms with Crippen molar-refractivity contribution < 1.29 is 18.9 Å². The fourth-order valence-corrected chi connectivity index (χ4v) is 4.21. The molecule has 1 N–H and O–H groups in total. The fourth-order valence-electron chi connectivity index (χ4n) is 4.21. The van der Waals surface area contributed by atoms with Gasteiger partial charge in [-0.2, -0.15) is 0 Å². The van der Waals surface area contributed by atoms with Crippen LogP contribution in [-0.2, 0) is 0 Å². The van der Waals surface area contributed by atoms with E-state index in [4.69, 9.17) is 18.9 Å². The van der Waals surface area contributed by atoms with Crippen molar-refractivity contribution in [3.05, 3.63) is 54.9 Å². The zero-order chi connectivity index (χ0) is 23.2. The molecule has 8 nitrogen and oxygen atoms in total. The molecule has 0 spiro atoms. The second kappa shape index (κ2) is 7.98. The monoisotopic (exact) mass is 456 g/mol. The molecule has 8 heteroatoms. The second-order valence-corrected chi connectivity index (χ2v) is 8.32. The Morgan fingerprint density at radius 3 is 2.29 bits per heavy atom. The highest BCUT2D eigenvalue weighted by Gasteiger charge is 2.26. The molecule has 0 radical (unpaired) electrons. The molecule has 3 aromatic heterocycles. The maximum absolute atomic E-state index is 6.25. The first kappa shape index (κ1) is 20.4. The van der Waals surface area contributed by atoms with Crippen molar-refractivity contribution >= 4 is 16.6 Å². The molecule has 2 aromatic carbocycles. The molecule has 6 rings (SSSR count). The molecular weight excluding hydrogens is 432 g/mol. The molecule has 0 aliphatic heterocycles. The van der Waals surface area contributed by atoms with Gasteiger partial charge in [-0.1, -0.05) is 6.07 Å². The zero-order valence-electron chi connectivity index (χ0n) is 19.2. The largest absolute Gasteiger partial charge is 0.493 e. The predicted molar refractivity (Wildman–Crippen MR) is 129 cm³/mol. The number of aromatic amines is 1. The third kappa shape index (κ3) is 3.39. The van der Waals surface area contributed by atoms with Crippen LogP contribution in [0.25, 0.3) is 39.1 Å². The number of methoxy groups -OCH3 is 3. The number of ether oxygens (including phenoxy) is 4. The summed E-state index contributed by atoms with van der Waals surface area (Å²) in [5, 5.41) is 10.1. The van der Waals surface area contributed by atoms with Crippen LogP contribution in [0.2, 0.25) is 0 Å². The highest BCUT2D eigenvalue weighted by molar-refractivity contribution is 5.85. The summed E-state index contributed by atoms with van der Waals surface area (Å²) < 4.78 is 24.8. The first-order chi connectivity index (χ1) is 16.7. The van der Waals surface area contributed by atoms with E-state index in [1.807, 2.05) is 28.9 Å². The number of hydrogen-bond donors (Lipinski definition) is 1. The topological polar surface area (TPSA) is 82.9 Å². The van der Waals surface area contributed by atoms with Gasteiger partial charge in [-0.25, -0.2) is 0 Å². The van der Waals surface area contributed by atoms with Gasteiger partial charge in [0.1, 0.15) is 0 Å². The van der Waals surface area contributed by atoms with E-state index in [-0.39, 0.29) is 6.10 Å². The van der Waals surface area contributed by atoms with E-state index in [1.165, 1.54) is 0 Å². The van der Waals surface area contributed by atoms with Gasteiger partial charge in [0.25, 0.3) is 0 Å². The summed E-state index contributed by atoms with van der Waals surface area (Å²) in [4.78, 5) is 3.25. The summed E-state index contributed by atoms with van der Waals surface area (Å²) in [6.07, 6.45) is 6.33. The van der Waals surface area contributed by atoms with Crippen molar-refractivity contribution in [2.75, 3.05) is 21.3 Å². The minimum absolute atomic E-state index is 0.229. The number of aromatic nitrogens is 4. The van der Waals surface area contributed by atoms with Gasteiger partial charge < -0.3 is 23.9 Å². The maximum Gasteiger partial charge on any atom is 0.203 e. The SMILES string of the molecule is COc1cc(-c2nnc3c(OC4CC4)cc(-c4ccc5[nH]ccc5c4)cn23)cc(OC)c1OC. The summed E-state index contributed by atoms with van der Waals surface area (Å²) in [6.45, 7) is 0. The Morgan fingerprint density at radius 1 is 0.824 bits per heavy atom. The first-order valence-electron chi connectivity index (χ1n) is 11.1. The lowest BCUT2D eigenvalue weighted by atomic mass is 10.1. The molecule has 172 valence electrons. The average Bonchev–Trinajstić information content (AvgIpc) is 3.38. The molecule has 3 heterocycles. The second-order valence-electron chi connectivity index (χ2n) is 8.32. The van der Waals surface area contributed by atoms with Crippen molar-refractivity contribution in [3.8, 4) is 45.5 Å². The third-order valence-corrected chi connectivity index (χ3v) is 6.10. The van der Waals surface area contributed by atoms with Gasteiger partial charge in [0, 0.05) is 29.0 Å². The lowest BCUT2D eigenvalue weighted by Crippen LogP contribution is -2.01. The number of fused-ring (bicyclic) bond motifs is 2. The Bertz CT molecular complexity index is 1490. The van der Waals surface area contributed by atoms with Crippen LogP contribution in [0.15, 0.2) is 54.9 Å². The third-order valence-electron chi connectivity index (χ3n) is 6.10. The van der Waals surface area contributed by atoms with Crippen molar-refractivity contribution in [1.29, 1.82) is 0 Å². The standard InChI is InChI=1S/C26H24N4O4/c1-31-21-11-17(12-22(32-2)24(21)33-3)25-28-29-26-23(34-19-5-6-19)13-18(14-30(25)26)15-4-7-20-16(10-15)8-9-27-20/h4,7-14,19,27H,5-6H2,1-3H3. The van der Waals surface area contributed by atoms with Gasteiger partial charge >= 0.3 is 0 Å². The molecule has 0 atom stereocenters. The van der Waals surface area contributed by atoms with Gasteiger partial charge in [0.2, 0.25) is 11.4 Å². The van der Waals surface area contributed by atoms with Crippen LogP contribution in [0.1, 0.15) is 12.8 Å². The first-order valence-corrected chi connectivity index (χ1v) is 11.1. The minimum Gasteiger partial charge on any atom is -0.493 e. The van der Waals surface area contributed by atoms with E-state index in [1.54, 1.807) is 21.3 Å². The molecule has 0 amide bonds. The zero-order valence-corrected chi connectivity index (χ0v) is 19.2. The molecule has 1 aliphatic rings. The molecule has 1 fully saturated rings. The van der Waals surface area contributed by atoms with E-state index < -0.39 is 0 Å². The van der Waals surface area contributed by atoms with Crippen molar-refractivity contribution in [2.45, 2.75) is 18.9 Å². The average molecular weight is 457 g/mol. The number of benzene rings is 2. The quantitative estimate of drug-likeness (QED) is 0.366. The normalized spacial score (nSPS) is 13.4. The van der Waals surface area contributed by atoms with E-state index in [2.05, 4.69) is 45.5 Å². The van der Waals surface area contributed by atoms with E-state index in [0.29, 0.717) is 28.7 Å². The van der Waals surface area contributed by atoms with Crippen LogP contribution in [0, 0.1) is 0 Å². The van der Waals surface area contributed by atoms with Crippen LogP contribution < -0.4 is 18.9 Å². The Hall–Kier alpha value is -4.20. The van der Waals surface area contributed by atoms with Crippen molar-refractivity contribution in [2.24, 2.45) is 0 Å². The Kier molecular flexibility index (Phi) is 4.79. The van der Waals surface area contributed by atoms with Gasteiger partial charge in [-0.15, -0.1) is 10.2 Å². The maximum atomic E-state index is 6.25. The summed E-state index contributed by atoms with van der Waals surface area (Å²) in [6, 6.07) is 14.2. The van der Waals surface area contributed by atoms with Gasteiger partial charge in [0.05, 0.1) is 27.4 Å². The number of nitrogens with one attached hydrogen (secondary N) is 1. The molecule has 0 saturated heterocycles. The van der Waals surface area contributed by atoms with Gasteiger partial charge in [-0.05, 0) is 60.2 Å². The number of H-pyrrole nitrogens is 1. The van der Waals surface area contributed by atoms with Crippen LogP contribution in [0.3, 0.4) is 0 Å². The van der Waals surface area contributed by atoms with Crippen LogP contribution in [-0.4, -0.2) is 47.0 Å². The van der Waals surface area contributed by atoms with E-state index in [9.17, 15) is 0 Å². The van der Waals surface area contributed by atoms with Gasteiger partial charge in [-0.3, -0.25) is 4.40 Å². The molecule has 1 saturated carbocycles. The summed E-state index contributed by atoms with van der Waals surface area (Å²) in [5.74, 6) is 3.01. The highest BCUT2D eigenvalue weighted by Crippen LogP contribution is 2.42. The Morgan fingerprint density at radius 2 is 1.59 bits per heavy atom. The number of rotatable bonds is 7. The molecular formula is C26H24N4O4. The summed E-state index contributed by atoms with van der Waals surface area (Å²) in [5.41, 5.74) is 4.65. The van der Waals surface area contributed by atoms with Crippen LogP contribution in [0.5, 0.6) is 23.0 Å². The van der Waals surface area contributed by atoms with Gasteiger partial charge in [0.15, 0.2) is 23.1 Å². The van der Waals surface area contributed by atoms with E-state index in [0.717, 1.165) is 46.2 Å². The summed E-state index contributed by atoms with van der Waals surface area (Å²) in [7, 11) is 4.78. The molecule has 5 aromatic rings. The highest BCUT2D eigenvalue weighted by atomic mass is 16.5. The molecule has 1 aliphatic carbocycles. The lowest BCUT2D eigenvalue weighted by molar-refractivity contribution is 0.305. The Labute approximate surface area is 196 Å². The van der Waals surface area contributed by atoms with Crippen molar-refractivity contribution in [3.63, 3.8) is 0 Å². The van der Waals surface area contributed by atoms with E-state index >= 15 is 0 Å². The summed E-state index contributed by atoms with van der Waals surface area (Å²) >= 11 is 0. The van der Waals surface area contributed by atoms with Crippen LogP contribution in [0.4, 0.5) is 0 Å². The van der Waals surface area contributed by atoms with Crippen LogP contribution >= 0.6 is 0 Å².